The van der Waals surface area contributed by atoms with Crippen molar-refractivity contribution in [2.45, 2.75) is 18.9 Å². The SMILES string of the molecule is CS(=O)(=O)N1CCC[C@H]1c1ncc(-c2ccc(Cl)cc2)[nH]1. The first kappa shape index (κ1) is 14.6. The molecule has 1 aromatic carbocycles. The lowest BCUT2D eigenvalue weighted by molar-refractivity contribution is 0.388. The zero-order valence-electron chi connectivity index (χ0n) is 11.6. The maximum Gasteiger partial charge on any atom is 0.211 e. The second-order valence-corrected chi connectivity index (χ2v) is 7.59. The molecule has 1 atom stereocenters. The third-order valence-electron chi connectivity index (χ3n) is 3.70. The minimum absolute atomic E-state index is 0.193. The molecule has 0 saturated carbocycles. The van der Waals surface area contributed by atoms with Crippen molar-refractivity contribution in [3.63, 3.8) is 0 Å². The topological polar surface area (TPSA) is 66.1 Å². The van der Waals surface area contributed by atoms with E-state index in [0.717, 1.165) is 24.1 Å². The van der Waals surface area contributed by atoms with E-state index in [0.29, 0.717) is 17.4 Å². The number of benzene rings is 1. The zero-order chi connectivity index (χ0) is 15.0. The molecule has 2 aromatic rings. The molecule has 1 fully saturated rings. The number of H-pyrrole nitrogens is 1. The van der Waals surface area contributed by atoms with Gasteiger partial charge in [-0.15, -0.1) is 0 Å². The lowest BCUT2D eigenvalue weighted by Gasteiger charge is -2.20. The predicted molar refractivity (Wildman–Crippen MR) is 82.6 cm³/mol. The van der Waals surface area contributed by atoms with Gasteiger partial charge in [0.25, 0.3) is 0 Å². The Morgan fingerprint density at radius 1 is 1.33 bits per heavy atom. The Hall–Kier alpha value is -1.37. The van der Waals surface area contributed by atoms with Gasteiger partial charge in [-0.25, -0.2) is 13.4 Å². The molecular weight excluding hydrogens is 310 g/mol. The van der Waals surface area contributed by atoms with Gasteiger partial charge in [-0.3, -0.25) is 0 Å². The predicted octanol–water partition coefficient (Wildman–Crippen LogP) is 2.83. The molecule has 21 heavy (non-hydrogen) atoms. The number of nitrogens with zero attached hydrogens (tertiary/aromatic N) is 2. The average Bonchev–Trinajstić information content (AvgIpc) is 3.07. The molecule has 112 valence electrons. The highest BCUT2D eigenvalue weighted by molar-refractivity contribution is 7.88. The molecular formula is C14H16ClN3O2S. The molecule has 1 aliphatic rings. The summed E-state index contributed by atoms with van der Waals surface area (Å²) in [6, 6.07) is 7.25. The fraction of sp³-hybridized carbons (Fsp3) is 0.357. The average molecular weight is 326 g/mol. The van der Waals surface area contributed by atoms with Crippen molar-refractivity contribution in [1.29, 1.82) is 0 Å². The highest BCUT2D eigenvalue weighted by Gasteiger charge is 2.34. The standard InChI is InChI=1S/C14H16ClN3O2S/c1-21(19,20)18-8-2-3-13(18)14-16-9-12(17-14)10-4-6-11(15)7-5-10/h4-7,9,13H,2-3,8H2,1H3,(H,16,17)/t13-/m0/s1. The number of aromatic amines is 1. The Labute approximate surface area is 129 Å². The normalized spacial score (nSPS) is 20.0. The number of hydrogen-bond donors (Lipinski definition) is 1. The van der Waals surface area contributed by atoms with E-state index in [9.17, 15) is 8.42 Å². The maximum atomic E-state index is 11.8. The van der Waals surface area contributed by atoms with Gasteiger partial charge in [0.2, 0.25) is 10.0 Å². The van der Waals surface area contributed by atoms with Crippen LogP contribution in [0, 0.1) is 0 Å². The number of rotatable bonds is 3. The molecule has 0 aliphatic carbocycles. The van der Waals surface area contributed by atoms with Crippen LogP contribution in [0.15, 0.2) is 30.5 Å². The van der Waals surface area contributed by atoms with Crippen molar-refractivity contribution in [2.75, 3.05) is 12.8 Å². The summed E-state index contributed by atoms with van der Waals surface area (Å²) in [5.41, 5.74) is 1.84. The molecule has 3 rings (SSSR count). The molecule has 1 aliphatic heterocycles. The van der Waals surface area contributed by atoms with Gasteiger partial charge in [-0.2, -0.15) is 4.31 Å². The third kappa shape index (κ3) is 2.97. The van der Waals surface area contributed by atoms with Crippen molar-refractivity contribution in [3.8, 4) is 11.3 Å². The van der Waals surface area contributed by atoms with Gasteiger partial charge in [0, 0.05) is 11.6 Å². The number of halogens is 1. The second kappa shape index (κ2) is 5.44. The smallest absolute Gasteiger partial charge is 0.211 e. The van der Waals surface area contributed by atoms with Gasteiger partial charge < -0.3 is 4.98 Å². The fourth-order valence-electron chi connectivity index (χ4n) is 2.69. The van der Waals surface area contributed by atoms with Crippen LogP contribution in [0.3, 0.4) is 0 Å². The van der Waals surface area contributed by atoms with Crippen molar-refractivity contribution in [1.82, 2.24) is 14.3 Å². The minimum Gasteiger partial charge on any atom is -0.341 e. The molecule has 0 bridgehead atoms. The molecule has 0 amide bonds. The van der Waals surface area contributed by atoms with Crippen LogP contribution in [0.4, 0.5) is 0 Å². The molecule has 0 unspecified atom stereocenters. The summed E-state index contributed by atoms with van der Waals surface area (Å²) in [7, 11) is -3.20. The van der Waals surface area contributed by atoms with Crippen LogP contribution < -0.4 is 0 Å². The minimum atomic E-state index is -3.20. The first-order valence-electron chi connectivity index (χ1n) is 6.73. The third-order valence-corrected chi connectivity index (χ3v) is 5.24. The van der Waals surface area contributed by atoms with Crippen LogP contribution in [-0.2, 0) is 10.0 Å². The Morgan fingerprint density at radius 3 is 2.71 bits per heavy atom. The molecule has 1 aromatic heterocycles. The monoisotopic (exact) mass is 325 g/mol. The highest BCUT2D eigenvalue weighted by atomic mass is 35.5. The van der Waals surface area contributed by atoms with E-state index in [2.05, 4.69) is 9.97 Å². The zero-order valence-corrected chi connectivity index (χ0v) is 13.2. The summed E-state index contributed by atoms with van der Waals surface area (Å²) in [6.07, 6.45) is 4.63. The quantitative estimate of drug-likeness (QED) is 0.943. The Kier molecular flexibility index (Phi) is 3.77. The number of aromatic nitrogens is 2. The highest BCUT2D eigenvalue weighted by Crippen LogP contribution is 2.33. The van der Waals surface area contributed by atoms with Crippen molar-refractivity contribution in [3.05, 3.63) is 41.3 Å². The summed E-state index contributed by atoms with van der Waals surface area (Å²) >= 11 is 5.88. The van der Waals surface area contributed by atoms with Gasteiger partial charge in [-0.1, -0.05) is 23.7 Å². The molecule has 2 heterocycles. The first-order chi connectivity index (χ1) is 9.95. The maximum absolute atomic E-state index is 11.8. The number of sulfonamides is 1. The van der Waals surface area contributed by atoms with E-state index >= 15 is 0 Å². The number of imidazole rings is 1. The van der Waals surface area contributed by atoms with E-state index in [1.54, 1.807) is 6.20 Å². The van der Waals surface area contributed by atoms with E-state index < -0.39 is 10.0 Å². The van der Waals surface area contributed by atoms with Crippen LogP contribution in [0.2, 0.25) is 5.02 Å². The number of nitrogens with one attached hydrogen (secondary N) is 1. The van der Waals surface area contributed by atoms with Gasteiger partial charge >= 0.3 is 0 Å². The van der Waals surface area contributed by atoms with Gasteiger partial charge in [0.1, 0.15) is 5.82 Å². The van der Waals surface area contributed by atoms with Crippen molar-refractivity contribution < 1.29 is 8.42 Å². The molecule has 1 N–H and O–H groups in total. The Balaban J connectivity index is 1.90. The van der Waals surface area contributed by atoms with E-state index in [1.807, 2.05) is 24.3 Å². The van der Waals surface area contributed by atoms with Crippen LogP contribution >= 0.6 is 11.6 Å². The molecule has 0 radical (unpaired) electrons. The Bertz CT molecular complexity index is 740. The van der Waals surface area contributed by atoms with E-state index in [1.165, 1.54) is 10.6 Å². The second-order valence-electron chi connectivity index (χ2n) is 5.22. The van der Waals surface area contributed by atoms with Crippen LogP contribution in [0.25, 0.3) is 11.3 Å². The van der Waals surface area contributed by atoms with Crippen molar-refractivity contribution in [2.24, 2.45) is 0 Å². The molecule has 5 nitrogen and oxygen atoms in total. The van der Waals surface area contributed by atoms with Crippen molar-refractivity contribution >= 4 is 21.6 Å². The summed E-state index contributed by atoms with van der Waals surface area (Å²) < 4.78 is 25.1. The van der Waals surface area contributed by atoms with E-state index in [-0.39, 0.29) is 6.04 Å². The fourth-order valence-corrected chi connectivity index (χ4v) is 3.95. The van der Waals surface area contributed by atoms with E-state index in [4.69, 9.17) is 11.6 Å². The summed E-state index contributed by atoms with van der Waals surface area (Å²) in [4.78, 5) is 7.60. The van der Waals surface area contributed by atoms with Crippen LogP contribution in [0.5, 0.6) is 0 Å². The largest absolute Gasteiger partial charge is 0.341 e. The van der Waals surface area contributed by atoms with Crippen LogP contribution in [0.1, 0.15) is 24.7 Å². The lowest BCUT2D eigenvalue weighted by Crippen LogP contribution is -2.30. The molecule has 7 heteroatoms. The summed E-state index contributed by atoms with van der Waals surface area (Å²) in [5, 5.41) is 0.678. The van der Waals surface area contributed by atoms with Gasteiger partial charge in [0.15, 0.2) is 0 Å². The molecule has 1 saturated heterocycles. The lowest BCUT2D eigenvalue weighted by atomic mass is 10.2. The molecule has 0 spiro atoms. The van der Waals surface area contributed by atoms with Gasteiger partial charge in [-0.05, 0) is 30.5 Å². The number of hydrogen-bond acceptors (Lipinski definition) is 3. The van der Waals surface area contributed by atoms with Gasteiger partial charge in [0.05, 0.1) is 24.2 Å². The summed E-state index contributed by atoms with van der Waals surface area (Å²) in [6.45, 7) is 0.556. The summed E-state index contributed by atoms with van der Waals surface area (Å²) in [5.74, 6) is 0.697. The first-order valence-corrected chi connectivity index (χ1v) is 8.95. The Morgan fingerprint density at radius 2 is 2.05 bits per heavy atom. The van der Waals surface area contributed by atoms with Crippen LogP contribution in [-0.4, -0.2) is 35.5 Å².